The first-order valence-electron chi connectivity index (χ1n) is 7.78. The van der Waals surface area contributed by atoms with Gasteiger partial charge in [-0.25, -0.2) is 8.42 Å². The van der Waals surface area contributed by atoms with Crippen molar-refractivity contribution in [1.82, 2.24) is 10.3 Å². The predicted octanol–water partition coefficient (Wildman–Crippen LogP) is 1.95. The maximum absolute atomic E-state index is 12.3. The second kappa shape index (κ2) is 7.99. The molecule has 2 aromatic carbocycles. The van der Waals surface area contributed by atoms with Crippen LogP contribution in [0.3, 0.4) is 0 Å². The van der Waals surface area contributed by atoms with Crippen molar-refractivity contribution in [2.45, 2.75) is 31.8 Å². The SMILES string of the molecule is Cc1ccc(S(=O)(=O)NNC(=O)[C@H](C)Oc2ccc(C#N)cc2)cc1C. The van der Waals surface area contributed by atoms with Crippen LogP contribution < -0.4 is 15.0 Å². The molecule has 0 radical (unpaired) electrons. The van der Waals surface area contributed by atoms with Crippen molar-refractivity contribution in [1.29, 1.82) is 5.26 Å². The lowest BCUT2D eigenvalue weighted by molar-refractivity contribution is -0.127. The zero-order chi connectivity index (χ0) is 19.3. The van der Waals surface area contributed by atoms with E-state index in [1.165, 1.54) is 19.1 Å². The Bertz CT molecular complexity index is 947. The molecule has 26 heavy (non-hydrogen) atoms. The van der Waals surface area contributed by atoms with Crippen molar-refractivity contribution in [3.63, 3.8) is 0 Å². The highest BCUT2D eigenvalue weighted by atomic mass is 32.2. The number of hydrogen-bond acceptors (Lipinski definition) is 5. The van der Waals surface area contributed by atoms with Crippen molar-refractivity contribution in [2.75, 3.05) is 0 Å². The van der Waals surface area contributed by atoms with Crippen LogP contribution in [0, 0.1) is 25.2 Å². The zero-order valence-electron chi connectivity index (χ0n) is 14.6. The van der Waals surface area contributed by atoms with Gasteiger partial charge in [0.25, 0.3) is 15.9 Å². The van der Waals surface area contributed by atoms with E-state index in [2.05, 4.69) is 10.3 Å². The van der Waals surface area contributed by atoms with Crippen LogP contribution >= 0.6 is 0 Å². The largest absolute Gasteiger partial charge is 0.481 e. The van der Waals surface area contributed by atoms with Gasteiger partial charge in [0, 0.05) is 0 Å². The predicted molar refractivity (Wildman–Crippen MR) is 95.6 cm³/mol. The van der Waals surface area contributed by atoms with E-state index in [1.807, 2.05) is 13.0 Å². The fraction of sp³-hybridized carbons (Fsp3) is 0.222. The summed E-state index contributed by atoms with van der Waals surface area (Å²) in [6.07, 6.45) is -0.939. The summed E-state index contributed by atoms with van der Waals surface area (Å²) in [5.41, 5.74) is 4.41. The smallest absolute Gasteiger partial charge is 0.275 e. The number of carbonyl (C=O) groups excluding carboxylic acids is 1. The minimum absolute atomic E-state index is 0.0570. The lowest BCUT2D eigenvalue weighted by atomic mass is 10.1. The summed E-state index contributed by atoms with van der Waals surface area (Å²) in [7, 11) is -3.88. The van der Waals surface area contributed by atoms with E-state index >= 15 is 0 Å². The molecule has 0 aromatic heterocycles. The number of ether oxygens (including phenoxy) is 1. The molecular formula is C18H19N3O4S. The Morgan fingerprint density at radius 2 is 1.77 bits per heavy atom. The third kappa shape index (κ3) is 4.81. The van der Waals surface area contributed by atoms with Crippen molar-refractivity contribution >= 4 is 15.9 Å². The first kappa shape index (κ1) is 19.4. The van der Waals surface area contributed by atoms with Gasteiger partial charge in [0.2, 0.25) is 0 Å². The minimum Gasteiger partial charge on any atom is -0.481 e. The Balaban J connectivity index is 1.97. The third-order valence-electron chi connectivity index (χ3n) is 3.76. The average Bonchev–Trinajstić information content (AvgIpc) is 2.62. The van der Waals surface area contributed by atoms with E-state index < -0.39 is 22.0 Å². The van der Waals surface area contributed by atoms with E-state index in [4.69, 9.17) is 10.00 Å². The van der Waals surface area contributed by atoms with Crippen LogP contribution in [0.1, 0.15) is 23.6 Å². The first-order chi connectivity index (χ1) is 12.2. The van der Waals surface area contributed by atoms with E-state index in [1.54, 1.807) is 37.3 Å². The molecular weight excluding hydrogens is 354 g/mol. The highest BCUT2D eigenvalue weighted by Crippen LogP contribution is 2.15. The number of rotatable bonds is 6. The number of hydrazine groups is 1. The molecule has 0 fully saturated rings. The average molecular weight is 373 g/mol. The summed E-state index contributed by atoms with van der Waals surface area (Å²) in [5.74, 6) is -0.259. The molecule has 0 unspecified atom stereocenters. The standard InChI is InChI=1S/C18H19N3O4S/c1-12-4-9-17(10-13(12)2)26(23,24)21-20-18(22)14(3)25-16-7-5-15(11-19)6-8-16/h4-10,14,21H,1-3H3,(H,20,22)/t14-/m0/s1. The molecule has 1 atom stereocenters. The Labute approximate surface area is 152 Å². The van der Waals surface area contributed by atoms with Crippen molar-refractivity contribution in [3.05, 3.63) is 59.2 Å². The van der Waals surface area contributed by atoms with Gasteiger partial charge in [-0.2, -0.15) is 5.26 Å². The third-order valence-corrected chi connectivity index (χ3v) is 5.01. The highest BCUT2D eigenvalue weighted by molar-refractivity contribution is 7.89. The molecule has 2 rings (SSSR count). The number of nitrogens with zero attached hydrogens (tertiary/aromatic N) is 1. The van der Waals surface area contributed by atoms with E-state index in [0.29, 0.717) is 11.3 Å². The minimum atomic E-state index is -3.88. The first-order valence-corrected chi connectivity index (χ1v) is 9.27. The molecule has 8 heteroatoms. The van der Waals surface area contributed by atoms with Crippen molar-refractivity contribution in [2.24, 2.45) is 0 Å². The van der Waals surface area contributed by atoms with Gasteiger partial charge < -0.3 is 4.74 Å². The van der Waals surface area contributed by atoms with Crippen LogP contribution in [0.5, 0.6) is 5.75 Å². The van der Waals surface area contributed by atoms with Crippen LogP contribution in [0.25, 0.3) is 0 Å². The topological polar surface area (TPSA) is 108 Å². The molecule has 0 aliphatic carbocycles. The number of benzene rings is 2. The fourth-order valence-corrected chi connectivity index (χ4v) is 2.96. The summed E-state index contributed by atoms with van der Waals surface area (Å²) < 4.78 is 29.9. The molecule has 0 spiro atoms. The van der Waals surface area contributed by atoms with Crippen LogP contribution in [0.4, 0.5) is 0 Å². The van der Waals surface area contributed by atoms with Crippen molar-refractivity contribution in [3.8, 4) is 11.8 Å². The normalized spacial score (nSPS) is 12.1. The van der Waals surface area contributed by atoms with Gasteiger partial charge in [0.1, 0.15) is 5.75 Å². The zero-order valence-corrected chi connectivity index (χ0v) is 15.4. The quantitative estimate of drug-likeness (QED) is 0.753. The molecule has 0 saturated heterocycles. The number of carbonyl (C=O) groups is 1. The molecule has 0 bridgehead atoms. The van der Waals surface area contributed by atoms with E-state index in [0.717, 1.165) is 11.1 Å². The summed E-state index contributed by atoms with van der Waals surface area (Å²) in [5, 5.41) is 8.75. The number of aryl methyl sites for hydroxylation is 2. The van der Waals surface area contributed by atoms with E-state index in [9.17, 15) is 13.2 Å². The van der Waals surface area contributed by atoms with Crippen LogP contribution in [-0.2, 0) is 14.8 Å². The van der Waals surface area contributed by atoms with Gasteiger partial charge in [-0.05, 0) is 68.3 Å². The van der Waals surface area contributed by atoms with Gasteiger partial charge in [-0.1, -0.05) is 6.07 Å². The van der Waals surface area contributed by atoms with E-state index in [-0.39, 0.29) is 4.90 Å². The van der Waals surface area contributed by atoms with Gasteiger partial charge in [0.15, 0.2) is 6.10 Å². The second-order valence-electron chi connectivity index (χ2n) is 5.74. The Morgan fingerprint density at radius 1 is 1.12 bits per heavy atom. The lowest BCUT2D eigenvalue weighted by Gasteiger charge is -2.15. The molecule has 1 amide bonds. The number of sulfonamides is 1. The monoisotopic (exact) mass is 373 g/mol. The number of nitrogens with one attached hydrogen (secondary N) is 2. The lowest BCUT2D eigenvalue weighted by Crippen LogP contribution is -2.47. The van der Waals surface area contributed by atoms with Crippen LogP contribution in [-0.4, -0.2) is 20.4 Å². The molecule has 2 aromatic rings. The Kier molecular flexibility index (Phi) is 5.97. The van der Waals surface area contributed by atoms with Gasteiger partial charge in [0.05, 0.1) is 16.5 Å². The number of hydrogen-bond donors (Lipinski definition) is 2. The van der Waals surface area contributed by atoms with Crippen LogP contribution in [0.15, 0.2) is 47.4 Å². The van der Waals surface area contributed by atoms with Crippen molar-refractivity contribution < 1.29 is 17.9 Å². The maximum atomic E-state index is 12.3. The maximum Gasteiger partial charge on any atom is 0.275 e. The summed E-state index contributed by atoms with van der Waals surface area (Å²) >= 11 is 0. The molecule has 136 valence electrons. The fourth-order valence-electron chi connectivity index (χ4n) is 2.02. The second-order valence-corrected chi connectivity index (χ2v) is 7.42. The summed E-state index contributed by atoms with van der Waals surface area (Å²) in [6.45, 7) is 5.17. The molecule has 7 nitrogen and oxygen atoms in total. The van der Waals surface area contributed by atoms with Crippen LogP contribution in [0.2, 0.25) is 0 Å². The molecule has 0 aliphatic rings. The molecule has 0 aliphatic heterocycles. The van der Waals surface area contributed by atoms with Gasteiger partial charge in [-0.15, -0.1) is 4.83 Å². The molecule has 2 N–H and O–H groups in total. The number of nitriles is 1. The van der Waals surface area contributed by atoms with Gasteiger partial charge in [-0.3, -0.25) is 10.2 Å². The van der Waals surface area contributed by atoms with Gasteiger partial charge >= 0.3 is 0 Å². The summed E-state index contributed by atoms with van der Waals surface area (Å²) in [6, 6.07) is 12.9. The highest BCUT2D eigenvalue weighted by Gasteiger charge is 2.19. The Hall–Kier alpha value is -2.89. The molecule has 0 heterocycles. The molecule has 0 saturated carbocycles. The number of amides is 1. The Morgan fingerprint density at radius 3 is 2.35 bits per heavy atom. The summed E-state index contributed by atoms with van der Waals surface area (Å²) in [4.78, 5) is 14.2.